The van der Waals surface area contributed by atoms with Crippen molar-refractivity contribution in [1.82, 2.24) is 9.80 Å². The molecule has 0 heterocycles. The number of nitrogens with zero attached hydrogens (tertiary/aromatic N) is 2. The molecule has 0 rings (SSSR count). The summed E-state index contributed by atoms with van der Waals surface area (Å²) >= 11 is 21.3. The zero-order chi connectivity index (χ0) is 44.3. The summed E-state index contributed by atoms with van der Waals surface area (Å²) in [6.45, 7) is 13.5. The first-order valence-corrected chi connectivity index (χ1v) is 29.0. The van der Waals surface area contributed by atoms with Crippen LogP contribution < -0.4 is 0 Å². The van der Waals surface area contributed by atoms with Gasteiger partial charge in [0, 0.05) is 26.2 Å². The monoisotopic (exact) mass is 971 g/mol. The number of rotatable bonds is 48. The van der Waals surface area contributed by atoms with Crippen LogP contribution in [0.25, 0.3) is 0 Å². The maximum Gasteiger partial charge on any atom is 2.00 e. The Labute approximate surface area is 418 Å². The van der Waals surface area contributed by atoms with Gasteiger partial charge in [-0.25, -0.2) is 0 Å². The van der Waals surface area contributed by atoms with E-state index in [0.29, 0.717) is 8.64 Å². The summed E-state index contributed by atoms with van der Waals surface area (Å²) < 4.78 is 1.38. The van der Waals surface area contributed by atoms with Crippen molar-refractivity contribution in [3.63, 3.8) is 0 Å². The topological polar surface area (TPSA) is 6.48 Å². The number of hydrogen-bond donors (Lipinski definition) is 0. The van der Waals surface area contributed by atoms with Crippen molar-refractivity contribution >= 4 is 58.3 Å². The Bertz CT molecular complexity index is 713. The van der Waals surface area contributed by atoms with Crippen molar-refractivity contribution in [2.24, 2.45) is 0 Å². The molecular weight excluding hydrogens is 864 g/mol. The van der Waals surface area contributed by atoms with Crippen LogP contribution in [-0.4, -0.2) is 44.6 Å². The predicted octanol–water partition coefficient (Wildman–Crippen LogP) is 19.5. The third kappa shape index (κ3) is 56.8. The summed E-state index contributed by atoms with van der Waals surface area (Å²) in [7, 11) is 0. The van der Waals surface area contributed by atoms with Crippen molar-refractivity contribution in [3.8, 4) is 0 Å². The fraction of sp³-hybridized carbons (Fsp3) is 0.963. The summed E-state index contributed by atoms with van der Waals surface area (Å²) in [5.74, 6) is 0. The van der Waals surface area contributed by atoms with Gasteiger partial charge in [0.2, 0.25) is 0 Å². The zero-order valence-corrected chi connectivity index (χ0v) is 46.0. The van der Waals surface area contributed by atoms with Gasteiger partial charge in [0.15, 0.2) is 0 Å². The standard InChI is InChI=1S/2C27H55NS2.Ni/c2*1-3-5-7-9-11-13-15-17-19-21-23-25-28(27(29)30)26-24-22-20-18-16-14-12-10-8-6-4-2;/h2*3-26H2,1-2H3,(H,29,30);/q;;+2/p-2. The average Bonchev–Trinajstić information content (AvgIpc) is 3.24. The van der Waals surface area contributed by atoms with Gasteiger partial charge in [-0.15, -0.1) is 0 Å². The summed E-state index contributed by atoms with van der Waals surface area (Å²) in [6, 6.07) is 0. The Morgan fingerprint density at radius 2 is 0.361 bits per heavy atom. The van der Waals surface area contributed by atoms with E-state index >= 15 is 0 Å². The molecule has 2 nitrogen and oxygen atoms in total. The molecule has 0 radical (unpaired) electrons. The van der Waals surface area contributed by atoms with Crippen molar-refractivity contribution in [2.45, 2.75) is 310 Å². The third-order valence-electron chi connectivity index (χ3n) is 12.6. The van der Waals surface area contributed by atoms with E-state index in [1.165, 1.54) is 283 Å². The summed E-state index contributed by atoms with van der Waals surface area (Å²) in [5.41, 5.74) is 0. The fourth-order valence-corrected chi connectivity index (χ4v) is 9.19. The van der Waals surface area contributed by atoms with Crippen molar-refractivity contribution in [3.05, 3.63) is 0 Å². The number of unbranched alkanes of at least 4 members (excludes halogenated alkanes) is 40. The van der Waals surface area contributed by atoms with Gasteiger partial charge in [0.1, 0.15) is 0 Å². The molecule has 0 N–H and O–H groups in total. The van der Waals surface area contributed by atoms with E-state index in [1.54, 1.807) is 0 Å². The molecule has 0 spiro atoms. The molecular formula is C54H108N2NiS4. The summed E-state index contributed by atoms with van der Waals surface area (Å²) in [6.07, 6.45) is 61.3. The quantitative estimate of drug-likeness (QED) is 0.0258. The molecule has 0 aromatic rings. The molecule has 0 fully saturated rings. The summed E-state index contributed by atoms with van der Waals surface area (Å²) in [4.78, 5) is 4.57. The SMILES string of the molecule is CCCCCCCCCCCCCN(CCCCCCCCCCCCC)C(=S)[S-].CCCCCCCCCCCCCN(CCCCCCCCCCCCC)C(=S)[S-].[Ni+2]. The van der Waals surface area contributed by atoms with Crippen molar-refractivity contribution in [1.29, 1.82) is 0 Å². The smallest absolute Gasteiger partial charge is 0.411 e. The van der Waals surface area contributed by atoms with Crippen molar-refractivity contribution < 1.29 is 16.5 Å². The first-order valence-electron chi connectivity index (χ1n) is 27.4. The molecule has 0 aromatic carbocycles. The Morgan fingerprint density at radius 1 is 0.246 bits per heavy atom. The van der Waals surface area contributed by atoms with Crippen LogP contribution in [0.2, 0.25) is 0 Å². The first kappa shape index (κ1) is 66.0. The van der Waals surface area contributed by atoms with Crippen LogP contribution in [-0.2, 0) is 41.7 Å². The minimum atomic E-state index is 0. The van der Waals surface area contributed by atoms with Crippen LogP contribution in [0.4, 0.5) is 0 Å². The van der Waals surface area contributed by atoms with E-state index in [-0.39, 0.29) is 16.5 Å². The predicted molar refractivity (Wildman–Crippen MR) is 289 cm³/mol. The molecule has 0 amide bonds. The van der Waals surface area contributed by atoms with Crippen LogP contribution in [0, 0.1) is 0 Å². The average molecular weight is 972 g/mol. The molecule has 0 bridgehead atoms. The van der Waals surface area contributed by atoms with Crippen LogP contribution in [0.1, 0.15) is 310 Å². The first-order chi connectivity index (χ1) is 29.4. The van der Waals surface area contributed by atoms with E-state index in [1.807, 2.05) is 0 Å². The van der Waals surface area contributed by atoms with E-state index in [4.69, 9.17) is 49.7 Å². The van der Waals surface area contributed by atoms with Gasteiger partial charge in [-0.05, 0) is 25.7 Å². The van der Waals surface area contributed by atoms with E-state index in [0.717, 1.165) is 26.2 Å². The third-order valence-corrected chi connectivity index (χ3v) is 13.7. The minimum absolute atomic E-state index is 0. The molecule has 0 saturated heterocycles. The zero-order valence-electron chi connectivity index (χ0n) is 41.8. The Hall–Kier alpha value is 0.714. The second-order valence-electron chi connectivity index (χ2n) is 18.6. The van der Waals surface area contributed by atoms with Crippen molar-refractivity contribution in [2.75, 3.05) is 26.2 Å². The Morgan fingerprint density at radius 3 is 0.475 bits per heavy atom. The van der Waals surface area contributed by atoms with Gasteiger partial charge < -0.3 is 59.5 Å². The second kappa shape index (κ2) is 58.7. The Balaban J connectivity index is -0.00000109. The molecule has 7 heteroatoms. The molecule has 0 aliphatic carbocycles. The number of hydrogen-bond acceptors (Lipinski definition) is 4. The van der Waals surface area contributed by atoms with Crippen LogP contribution in [0.15, 0.2) is 0 Å². The molecule has 0 unspecified atom stereocenters. The van der Waals surface area contributed by atoms with Crippen LogP contribution >= 0.6 is 24.4 Å². The number of thiocarbonyl (C=S) groups is 2. The maximum atomic E-state index is 5.32. The molecule has 61 heavy (non-hydrogen) atoms. The molecule has 0 aromatic heterocycles. The van der Waals surface area contributed by atoms with Gasteiger partial charge in [-0.2, -0.15) is 0 Å². The van der Waals surface area contributed by atoms with E-state index in [9.17, 15) is 0 Å². The van der Waals surface area contributed by atoms with Gasteiger partial charge in [0.05, 0.1) is 0 Å². The fourth-order valence-electron chi connectivity index (χ4n) is 8.46. The van der Waals surface area contributed by atoms with Crippen LogP contribution in [0.5, 0.6) is 0 Å². The van der Waals surface area contributed by atoms with E-state index < -0.39 is 0 Å². The second-order valence-corrected chi connectivity index (χ2v) is 20.7. The maximum absolute atomic E-state index is 5.32. The normalized spacial score (nSPS) is 11.0. The van der Waals surface area contributed by atoms with Gasteiger partial charge in [-0.1, -0.05) is 293 Å². The molecule has 0 aliphatic heterocycles. The van der Waals surface area contributed by atoms with Crippen LogP contribution in [0.3, 0.4) is 0 Å². The molecule has 0 atom stereocenters. The summed E-state index contributed by atoms with van der Waals surface area (Å²) in [5, 5.41) is 0. The van der Waals surface area contributed by atoms with E-state index in [2.05, 4.69) is 37.5 Å². The Kier molecular flexibility index (Phi) is 63.5. The molecule has 368 valence electrons. The van der Waals surface area contributed by atoms with Gasteiger partial charge in [0.25, 0.3) is 0 Å². The minimum Gasteiger partial charge on any atom is -0.411 e. The molecule has 0 aliphatic rings. The van der Waals surface area contributed by atoms with Gasteiger partial charge in [-0.3, -0.25) is 0 Å². The molecule has 0 saturated carbocycles. The van der Waals surface area contributed by atoms with Gasteiger partial charge >= 0.3 is 16.5 Å². The largest absolute Gasteiger partial charge is 2.00 e.